The molecule has 0 radical (unpaired) electrons. The summed E-state index contributed by atoms with van der Waals surface area (Å²) in [4.78, 5) is 27.7. The molecular weight excluding hydrogens is 518 g/mol. The van der Waals surface area contributed by atoms with Crippen molar-refractivity contribution in [3.63, 3.8) is 0 Å². The molecule has 2 aromatic carbocycles. The molecule has 9 nitrogen and oxygen atoms in total. The van der Waals surface area contributed by atoms with E-state index in [0.29, 0.717) is 28.8 Å². The van der Waals surface area contributed by atoms with Crippen LogP contribution < -0.4 is 19.1 Å². The lowest BCUT2D eigenvalue weighted by Gasteiger charge is -2.29. The fraction of sp³-hybridized carbons (Fsp3) is 0.462. The minimum Gasteiger partial charge on any atom is -0.454 e. The summed E-state index contributed by atoms with van der Waals surface area (Å²) in [6.45, 7) is 6.55. The molecule has 1 aliphatic rings. The number of rotatable bonds is 12. The Bertz CT molecular complexity index is 1220. The zero-order valence-electron chi connectivity index (χ0n) is 21.6. The zero-order valence-corrected chi connectivity index (χ0v) is 23.1. The summed E-state index contributed by atoms with van der Waals surface area (Å²) in [6.07, 6.45) is 1.43. The van der Waals surface area contributed by atoms with Crippen molar-refractivity contribution in [1.82, 2.24) is 10.2 Å². The normalized spacial score (nSPS) is 13.4. The highest BCUT2D eigenvalue weighted by atomic mass is 35.5. The molecule has 0 fully saturated rings. The number of nitrogens with one attached hydrogen (secondary N) is 1. The highest BCUT2D eigenvalue weighted by Gasteiger charge is 2.27. The molecule has 11 heteroatoms. The van der Waals surface area contributed by atoms with Gasteiger partial charge in [-0.1, -0.05) is 37.6 Å². The number of benzene rings is 2. The summed E-state index contributed by atoms with van der Waals surface area (Å²) in [5.74, 6) is 0.782. The van der Waals surface area contributed by atoms with Gasteiger partial charge in [-0.2, -0.15) is 0 Å². The first-order valence-electron chi connectivity index (χ1n) is 12.1. The lowest BCUT2D eigenvalue weighted by molar-refractivity contribution is -0.140. The van der Waals surface area contributed by atoms with Crippen LogP contribution in [-0.2, 0) is 26.2 Å². The first-order chi connectivity index (χ1) is 17.5. The number of carbonyl (C=O) groups is 2. The van der Waals surface area contributed by atoms with Crippen molar-refractivity contribution in [2.45, 2.75) is 46.2 Å². The molecular formula is C26H34ClN3O6S. The molecule has 1 atom stereocenters. The summed E-state index contributed by atoms with van der Waals surface area (Å²) in [5.41, 5.74) is 1.22. The maximum Gasteiger partial charge on any atom is 0.242 e. The lowest BCUT2D eigenvalue weighted by atomic mass is 10.1. The fourth-order valence-electron chi connectivity index (χ4n) is 3.91. The molecule has 37 heavy (non-hydrogen) atoms. The number of sulfonamides is 1. The van der Waals surface area contributed by atoms with Crippen molar-refractivity contribution in [3.8, 4) is 11.5 Å². The molecule has 0 saturated carbocycles. The van der Waals surface area contributed by atoms with Gasteiger partial charge >= 0.3 is 0 Å². The van der Waals surface area contributed by atoms with E-state index in [-0.39, 0.29) is 50.5 Å². The minimum absolute atomic E-state index is 0.0545. The van der Waals surface area contributed by atoms with E-state index in [4.69, 9.17) is 21.1 Å². The summed E-state index contributed by atoms with van der Waals surface area (Å²) in [7, 11) is -3.62. The summed E-state index contributed by atoms with van der Waals surface area (Å²) >= 11 is 6.13. The maximum atomic E-state index is 13.3. The van der Waals surface area contributed by atoms with Gasteiger partial charge in [0.25, 0.3) is 0 Å². The van der Waals surface area contributed by atoms with E-state index in [2.05, 4.69) is 5.32 Å². The number of carbonyl (C=O) groups excluding carboxylic acids is 2. The van der Waals surface area contributed by atoms with Crippen LogP contribution in [0.25, 0.3) is 0 Å². The number of hydrogen-bond donors (Lipinski definition) is 1. The van der Waals surface area contributed by atoms with Gasteiger partial charge < -0.3 is 19.7 Å². The molecule has 1 aliphatic heterocycles. The van der Waals surface area contributed by atoms with E-state index in [1.54, 1.807) is 43.3 Å². The quantitative estimate of drug-likeness (QED) is 0.430. The van der Waals surface area contributed by atoms with E-state index in [9.17, 15) is 18.0 Å². The van der Waals surface area contributed by atoms with Crippen LogP contribution in [0.15, 0.2) is 42.5 Å². The lowest BCUT2D eigenvalue weighted by Crippen LogP contribution is -2.48. The molecule has 3 rings (SSSR count). The van der Waals surface area contributed by atoms with Crippen LogP contribution >= 0.6 is 11.6 Å². The Kier molecular flexibility index (Phi) is 9.67. The van der Waals surface area contributed by atoms with E-state index in [1.165, 1.54) is 9.21 Å². The van der Waals surface area contributed by atoms with Gasteiger partial charge in [0.15, 0.2) is 11.5 Å². The van der Waals surface area contributed by atoms with E-state index < -0.39 is 16.1 Å². The van der Waals surface area contributed by atoms with Gasteiger partial charge in [-0.3, -0.25) is 13.9 Å². The van der Waals surface area contributed by atoms with Crippen molar-refractivity contribution in [2.75, 3.05) is 30.4 Å². The number of nitrogens with zero attached hydrogens (tertiary/aromatic N) is 2. The van der Waals surface area contributed by atoms with Crippen molar-refractivity contribution in [1.29, 1.82) is 0 Å². The Morgan fingerprint density at radius 2 is 1.81 bits per heavy atom. The van der Waals surface area contributed by atoms with Crippen molar-refractivity contribution >= 4 is 39.1 Å². The first-order valence-corrected chi connectivity index (χ1v) is 14.4. The molecule has 2 aromatic rings. The molecule has 0 bridgehead atoms. The van der Waals surface area contributed by atoms with Gasteiger partial charge in [0.05, 0.1) is 11.9 Å². The summed E-state index contributed by atoms with van der Waals surface area (Å²) in [5, 5.41) is 3.42. The highest BCUT2D eigenvalue weighted by Crippen LogP contribution is 2.36. The molecule has 0 aliphatic carbocycles. The molecule has 0 spiro atoms. The van der Waals surface area contributed by atoms with Crippen molar-refractivity contribution < 1.29 is 27.5 Å². The van der Waals surface area contributed by atoms with Crippen LogP contribution in [0.5, 0.6) is 11.5 Å². The van der Waals surface area contributed by atoms with Crippen LogP contribution in [0.2, 0.25) is 5.02 Å². The second-order valence-corrected chi connectivity index (χ2v) is 11.8. The average Bonchev–Trinajstić information content (AvgIpc) is 3.30. The number of fused-ring (bicyclic) bond motifs is 1. The monoisotopic (exact) mass is 551 g/mol. The van der Waals surface area contributed by atoms with Crippen LogP contribution in [0.3, 0.4) is 0 Å². The highest BCUT2D eigenvalue weighted by molar-refractivity contribution is 7.92. The largest absolute Gasteiger partial charge is 0.454 e. The molecule has 202 valence electrons. The van der Waals surface area contributed by atoms with Gasteiger partial charge in [-0.15, -0.1) is 0 Å². The van der Waals surface area contributed by atoms with Crippen molar-refractivity contribution in [2.24, 2.45) is 5.92 Å². The predicted molar refractivity (Wildman–Crippen MR) is 143 cm³/mol. The Labute approximate surface area is 223 Å². The molecule has 1 N–H and O–H groups in total. The van der Waals surface area contributed by atoms with Crippen LogP contribution in [0.1, 0.15) is 39.2 Å². The number of anilines is 1. The van der Waals surface area contributed by atoms with Gasteiger partial charge in [0.2, 0.25) is 28.6 Å². The SMILES string of the molecule is CC(C)CNC(=O)[C@H](C)N(Cc1cccc(Cl)c1)C(=O)CCCN(c1ccc2c(c1)OCO2)S(C)(=O)=O. The number of ether oxygens (including phenoxy) is 2. The van der Waals surface area contributed by atoms with E-state index >= 15 is 0 Å². The topological polar surface area (TPSA) is 105 Å². The average molecular weight is 552 g/mol. The third-order valence-electron chi connectivity index (χ3n) is 5.89. The molecule has 0 unspecified atom stereocenters. The van der Waals surface area contributed by atoms with Crippen molar-refractivity contribution in [3.05, 3.63) is 53.1 Å². The van der Waals surface area contributed by atoms with E-state index in [0.717, 1.165) is 11.8 Å². The third-order valence-corrected chi connectivity index (χ3v) is 7.32. The minimum atomic E-state index is -3.62. The second-order valence-electron chi connectivity index (χ2n) is 9.44. The first kappa shape index (κ1) is 28.6. The summed E-state index contributed by atoms with van der Waals surface area (Å²) < 4.78 is 37.0. The molecule has 0 saturated heterocycles. The third kappa shape index (κ3) is 8.00. The van der Waals surface area contributed by atoms with Gasteiger partial charge in [-0.25, -0.2) is 8.42 Å². The smallest absolute Gasteiger partial charge is 0.242 e. The summed E-state index contributed by atoms with van der Waals surface area (Å²) in [6, 6.07) is 11.3. The van der Waals surface area contributed by atoms with Gasteiger partial charge in [0, 0.05) is 37.1 Å². The number of halogens is 1. The van der Waals surface area contributed by atoms with Crippen LogP contribution in [-0.4, -0.2) is 57.3 Å². The Morgan fingerprint density at radius 1 is 1.08 bits per heavy atom. The maximum absolute atomic E-state index is 13.3. The Hall–Kier alpha value is -2.98. The fourth-order valence-corrected chi connectivity index (χ4v) is 5.08. The van der Waals surface area contributed by atoms with E-state index in [1.807, 2.05) is 19.9 Å². The molecule has 2 amide bonds. The van der Waals surface area contributed by atoms with Gasteiger partial charge in [0.1, 0.15) is 6.04 Å². The Balaban J connectivity index is 1.72. The molecule has 1 heterocycles. The number of hydrogen-bond acceptors (Lipinski definition) is 6. The van der Waals surface area contributed by atoms with Gasteiger partial charge in [-0.05, 0) is 49.1 Å². The Morgan fingerprint density at radius 3 is 2.49 bits per heavy atom. The van der Waals surface area contributed by atoms with Crippen LogP contribution in [0, 0.1) is 5.92 Å². The zero-order chi connectivity index (χ0) is 27.2. The predicted octanol–water partition coefficient (Wildman–Crippen LogP) is 3.80. The van der Waals surface area contributed by atoms with Crippen LogP contribution in [0.4, 0.5) is 5.69 Å². The number of amides is 2. The molecule has 0 aromatic heterocycles. The standard InChI is InChI=1S/C26H34ClN3O6S/c1-18(2)15-28-26(32)19(3)29(16-20-7-5-8-21(27)13-20)25(31)9-6-12-30(37(4,33)34)22-10-11-23-24(14-22)36-17-35-23/h5,7-8,10-11,13-14,18-19H,6,9,12,15-17H2,1-4H3,(H,28,32)/t19-/m0/s1. The second kappa shape index (κ2) is 12.5.